The van der Waals surface area contributed by atoms with Crippen molar-refractivity contribution in [2.45, 2.75) is 89.3 Å². The molecule has 0 amide bonds. The van der Waals surface area contributed by atoms with Gasteiger partial charge in [-0.2, -0.15) is 0 Å². The molecule has 1 heterocycles. The minimum Gasteiger partial charge on any atom is -0.361 e. The van der Waals surface area contributed by atoms with Crippen LogP contribution in [0.2, 0.25) is 0 Å². The summed E-state index contributed by atoms with van der Waals surface area (Å²) in [5, 5.41) is 3.92. The third-order valence-electron chi connectivity index (χ3n) is 4.91. The van der Waals surface area contributed by atoms with Gasteiger partial charge >= 0.3 is 0 Å². The molecule has 0 aliphatic heterocycles. The number of nitrogens with one attached hydrogen (secondary N) is 1. The maximum atomic E-state index is 12.7. The first-order valence-corrected chi connectivity index (χ1v) is 10.4. The van der Waals surface area contributed by atoms with Gasteiger partial charge in [0, 0.05) is 17.5 Å². The van der Waals surface area contributed by atoms with E-state index >= 15 is 0 Å². The Bertz CT molecular complexity index is 708. The fourth-order valence-electron chi connectivity index (χ4n) is 2.86. The lowest BCUT2D eigenvalue weighted by molar-refractivity contribution is -0.120. The molecule has 7 heteroatoms. The third kappa shape index (κ3) is 4.70. The van der Waals surface area contributed by atoms with Crippen molar-refractivity contribution in [3.8, 4) is 0 Å². The number of rotatable bonds is 6. The average molecular weight is 371 g/mol. The van der Waals surface area contributed by atoms with Crippen molar-refractivity contribution < 1.29 is 17.7 Å². The molecular formula is C18H30N2O4S. The second kappa shape index (κ2) is 7.19. The van der Waals surface area contributed by atoms with Crippen molar-refractivity contribution in [1.29, 1.82) is 0 Å². The van der Waals surface area contributed by atoms with Gasteiger partial charge in [-0.1, -0.05) is 45.2 Å². The normalized spacial score (nSPS) is 17.6. The van der Waals surface area contributed by atoms with Crippen LogP contribution in [0.15, 0.2) is 10.6 Å². The van der Waals surface area contributed by atoms with E-state index in [4.69, 9.17) is 4.52 Å². The molecule has 0 unspecified atom stereocenters. The monoisotopic (exact) mass is 370 g/mol. The van der Waals surface area contributed by atoms with Crippen LogP contribution < -0.4 is 4.72 Å². The highest BCUT2D eigenvalue weighted by atomic mass is 32.2. The maximum absolute atomic E-state index is 12.7. The molecule has 0 radical (unpaired) electrons. The summed E-state index contributed by atoms with van der Waals surface area (Å²) in [6, 6.07) is 1.67. The molecule has 0 atom stereocenters. The summed E-state index contributed by atoms with van der Waals surface area (Å²) in [6.45, 7) is 8.89. The Morgan fingerprint density at radius 1 is 1.20 bits per heavy atom. The highest BCUT2D eigenvalue weighted by molar-refractivity contribution is 7.91. The average Bonchev–Trinajstić information content (AvgIpc) is 2.96. The number of aromatic nitrogens is 1. The molecule has 0 aromatic carbocycles. The molecule has 0 spiro atoms. The number of carbonyl (C=O) groups excluding carboxylic acids is 1. The van der Waals surface area contributed by atoms with E-state index in [0.29, 0.717) is 11.5 Å². The predicted molar refractivity (Wildman–Crippen MR) is 96.9 cm³/mol. The van der Waals surface area contributed by atoms with Gasteiger partial charge in [-0.25, -0.2) is 13.1 Å². The summed E-state index contributed by atoms with van der Waals surface area (Å²) >= 11 is 0. The van der Waals surface area contributed by atoms with E-state index in [0.717, 1.165) is 32.1 Å². The van der Waals surface area contributed by atoms with E-state index in [9.17, 15) is 13.2 Å². The zero-order valence-corrected chi connectivity index (χ0v) is 16.7. The molecule has 6 nitrogen and oxygen atoms in total. The van der Waals surface area contributed by atoms with Crippen LogP contribution in [0.4, 0.5) is 0 Å². The number of ketones is 1. The molecular weight excluding hydrogens is 340 g/mol. The number of Topliss-reactive ketones (excluding diaryl/α,β-unsaturated/α-hetero) is 1. The molecule has 1 saturated carbocycles. The Balaban J connectivity index is 2.09. The van der Waals surface area contributed by atoms with Gasteiger partial charge in [0.1, 0.15) is 10.5 Å². The second-order valence-corrected chi connectivity index (χ2v) is 10.8. The Labute approximate surface area is 150 Å². The van der Waals surface area contributed by atoms with Crippen molar-refractivity contribution in [2.75, 3.05) is 0 Å². The van der Waals surface area contributed by atoms with E-state index < -0.39 is 14.8 Å². The molecule has 2 rings (SSSR count). The fraction of sp³-hybridized carbons (Fsp3) is 0.778. The van der Waals surface area contributed by atoms with E-state index in [1.165, 1.54) is 13.8 Å². The van der Waals surface area contributed by atoms with Crippen LogP contribution in [0.25, 0.3) is 0 Å². The molecule has 1 aromatic heterocycles. The van der Waals surface area contributed by atoms with Crippen LogP contribution in [-0.4, -0.2) is 30.1 Å². The first-order valence-electron chi connectivity index (χ1n) is 8.95. The number of nitrogens with zero attached hydrogens (tertiary/aromatic N) is 1. The highest BCUT2D eigenvalue weighted by Crippen LogP contribution is 2.26. The van der Waals surface area contributed by atoms with Crippen LogP contribution in [-0.2, 0) is 26.7 Å². The highest BCUT2D eigenvalue weighted by Gasteiger charge is 2.42. The SMILES string of the molecule is CC(C)(C)c1cc(CC(=O)C(C)(C)S(=O)(=O)NC2CCCCC2)no1. The Morgan fingerprint density at radius 3 is 2.32 bits per heavy atom. The van der Waals surface area contributed by atoms with Gasteiger partial charge in [0.15, 0.2) is 5.78 Å². The number of sulfonamides is 1. The van der Waals surface area contributed by atoms with Gasteiger partial charge in [0.05, 0.1) is 12.1 Å². The van der Waals surface area contributed by atoms with E-state index in [1.54, 1.807) is 6.07 Å². The Morgan fingerprint density at radius 2 is 1.80 bits per heavy atom. The van der Waals surface area contributed by atoms with Crippen LogP contribution in [0, 0.1) is 0 Å². The van der Waals surface area contributed by atoms with Gasteiger partial charge < -0.3 is 4.52 Å². The second-order valence-electron chi connectivity index (χ2n) is 8.50. The third-order valence-corrected chi connectivity index (χ3v) is 7.13. The molecule has 1 fully saturated rings. The maximum Gasteiger partial charge on any atom is 0.224 e. The molecule has 1 aliphatic rings. The first kappa shape index (κ1) is 20.1. The van der Waals surface area contributed by atoms with Crippen LogP contribution in [0.5, 0.6) is 0 Å². The number of hydrogen-bond donors (Lipinski definition) is 1. The topological polar surface area (TPSA) is 89.3 Å². The largest absolute Gasteiger partial charge is 0.361 e. The predicted octanol–water partition coefficient (Wildman–Crippen LogP) is 3.11. The van der Waals surface area contributed by atoms with E-state index in [-0.39, 0.29) is 23.7 Å². The molecule has 1 aliphatic carbocycles. The standard InChI is InChI=1S/C18H30N2O4S/c1-17(2,3)16-12-14(19-24-16)11-15(21)18(4,5)25(22,23)20-13-9-7-6-8-10-13/h12-13,20H,6-11H2,1-5H3. The Kier molecular flexibility index (Phi) is 5.78. The summed E-state index contributed by atoms with van der Waals surface area (Å²) in [7, 11) is -3.76. The minimum absolute atomic E-state index is 0.0574. The van der Waals surface area contributed by atoms with Crippen LogP contribution in [0.1, 0.15) is 78.2 Å². The smallest absolute Gasteiger partial charge is 0.224 e. The molecule has 25 heavy (non-hydrogen) atoms. The summed E-state index contributed by atoms with van der Waals surface area (Å²) < 4.78 is 32.0. The number of carbonyl (C=O) groups is 1. The lowest BCUT2D eigenvalue weighted by atomic mass is 9.92. The summed E-state index contributed by atoms with van der Waals surface area (Å²) in [5.74, 6) is 0.292. The van der Waals surface area contributed by atoms with Crippen molar-refractivity contribution in [3.05, 3.63) is 17.5 Å². The molecule has 1 N–H and O–H groups in total. The van der Waals surface area contributed by atoms with Crippen molar-refractivity contribution >= 4 is 15.8 Å². The quantitative estimate of drug-likeness (QED) is 0.831. The molecule has 0 bridgehead atoms. The van der Waals surface area contributed by atoms with Gasteiger partial charge in [-0.3, -0.25) is 4.79 Å². The van der Waals surface area contributed by atoms with Gasteiger partial charge in [0.25, 0.3) is 0 Å². The molecule has 0 saturated heterocycles. The van der Waals surface area contributed by atoms with Gasteiger partial charge in [-0.15, -0.1) is 0 Å². The van der Waals surface area contributed by atoms with Crippen molar-refractivity contribution in [1.82, 2.24) is 9.88 Å². The first-order chi connectivity index (χ1) is 11.4. The summed E-state index contributed by atoms with van der Waals surface area (Å²) in [6.07, 6.45) is 4.80. The van der Waals surface area contributed by atoms with Gasteiger partial charge in [-0.05, 0) is 26.7 Å². The van der Waals surface area contributed by atoms with Crippen LogP contribution >= 0.6 is 0 Å². The van der Waals surface area contributed by atoms with Crippen molar-refractivity contribution in [2.24, 2.45) is 0 Å². The zero-order chi connectivity index (χ0) is 18.9. The summed E-state index contributed by atoms with van der Waals surface area (Å²) in [5.41, 5.74) is 0.259. The Hall–Kier alpha value is -1.21. The van der Waals surface area contributed by atoms with Crippen LogP contribution in [0.3, 0.4) is 0 Å². The fourth-order valence-corrected chi connectivity index (χ4v) is 4.20. The lowest BCUT2D eigenvalue weighted by Gasteiger charge is -2.29. The minimum atomic E-state index is -3.76. The van der Waals surface area contributed by atoms with E-state index in [1.807, 2.05) is 20.8 Å². The van der Waals surface area contributed by atoms with Gasteiger partial charge in [0.2, 0.25) is 10.0 Å². The zero-order valence-electron chi connectivity index (χ0n) is 15.9. The summed E-state index contributed by atoms with van der Waals surface area (Å²) in [4.78, 5) is 12.7. The van der Waals surface area contributed by atoms with Crippen molar-refractivity contribution in [3.63, 3.8) is 0 Å². The molecule has 142 valence electrons. The lowest BCUT2D eigenvalue weighted by Crippen LogP contribution is -2.51. The van der Waals surface area contributed by atoms with E-state index in [2.05, 4.69) is 9.88 Å². The number of hydrogen-bond acceptors (Lipinski definition) is 5. The molecule has 1 aromatic rings.